The number of thiazole rings is 1. The number of carbonyl (C=O) groups excluding carboxylic acids is 4. The lowest BCUT2D eigenvalue weighted by molar-refractivity contribution is -0.148. The summed E-state index contributed by atoms with van der Waals surface area (Å²) in [5.74, 6) is -0.0485. The number of nitrogens with zero attached hydrogens (tertiary/aromatic N) is 4. The van der Waals surface area contributed by atoms with Gasteiger partial charge in [0.25, 0.3) is 0 Å². The Hall–Kier alpha value is -6.08. The zero-order chi connectivity index (χ0) is 48.4. The van der Waals surface area contributed by atoms with Gasteiger partial charge in [-0.05, 0) is 104 Å². The van der Waals surface area contributed by atoms with Crippen molar-refractivity contribution in [3.63, 3.8) is 0 Å². The largest absolute Gasteiger partial charge is 0.490 e. The van der Waals surface area contributed by atoms with Gasteiger partial charge in [-0.3, -0.25) is 4.79 Å². The first kappa shape index (κ1) is 52.5. The number of aromatic nitrogens is 2. The lowest BCUT2D eigenvalue weighted by atomic mass is 9.99. The number of carbonyl (C=O) groups is 4. The van der Waals surface area contributed by atoms with Crippen LogP contribution in [0.1, 0.15) is 92.3 Å². The summed E-state index contributed by atoms with van der Waals surface area (Å²) in [6.45, 7) is 22.6. The highest BCUT2D eigenvalue weighted by molar-refractivity contribution is 7.98. The van der Waals surface area contributed by atoms with Crippen molar-refractivity contribution < 1.29 is 38.1 Å². The number of pyridine rings is 1. The van der Waals surface area contributed by atoms with E-state index in [0.717, 1.165) is 22.7 Å². The molecule has 4 N–H and O–H groups in total. The number of alkyl carbamates (subject to hydrolysis) is 2. The van der Waals surface area contributed by atoms with E-state index in [2.05, 4.69) is 32.2 Å². The van der Waals surface area contributed by atoms with Crippen molar-refractivity contribution in [2.24, 2.45) is 0 Å². The lowest BCUT2D eigenvalue weighted by Crippen LogP contribution is -2.52. The zero-order valence-electron chi connectivity index (χ0n) is 38.5. The smallest absolute Gasteiger partial charge is 0.408 e. The molecule has 66 heavy (non-hydrogen) atoms. The average molecular weight is 962 g/mol. The van der Waals surface area contributed by atoms with Crippen molar-refractivity contribution in [3.8, 4) is 33.5 Å². The predicted molar refractivity (Wildman–Crippen MR) is 257 cm³/mol. The summed E-state index contributed by atoms with van der Waals surface area (Å²) < 4.78 is 21.8. The molecule has 19 heteroatoms. The molecule has 0 aliphatic heterocycles. The molecular weight excluding hydrogens is 904 g/mol. The van der Waals surface area contributed by atoms with E-state index in [1.54, 1.807) is 65.8 Å². The van der Waals surface area contributed by atoms with Crippen molar-refractivity contribution in [3.05, 3.63) is 81.6 Å². The fraction of sp³-hybridized carbons (Fsp3) is 0.447. The Morgan fingerprint density at radius 1 is 0.909 bits per heavy atom. The van der Waals surface area contributed by atoms with Crippen molar-refractivity contribution >= 4 is 70.3 Å². The number of rotatable bonds is 21. The van der Waals surface area contributed by atoms with Crippen LogP contribution in [0.4, 0.5) is 21.1 Å². The zero-order valence-corrected chi connectivity index (χ0v) is 40.9. The summed E-state index contributed by atoms with van der Waals surface area (Å²) in [6, 6.07) is 14.6. The Kier molecular flexibility index (Phi) is 19.9. The SMILES string of the molecule is [C-]#[N+]c1c(NCCC)nc(SCc2csc(-c3ccc(Cl)cc3)n2)c(C#N)c1-c1ccc(OCCOC(=O)[C@H](C)NC(=O)[C@H](CCCCNC(=O)OC(C)(C)C)NC(=O)OC(C)(C)C)cc1. The highest BCUT2D eigenvalue weighted by Crippen LogP contribution is 2.43. The summed E-state index contributed by atoms with van der Waals surface area (Å²) >= 11 is 8.94. The number of amides is 3. The molecule has 0 saturated heterocycles. The number of benzene rings is 2. The number of nitriles is 1. The maximum absolute atomic E-state index is 13.3. The monoisotopic (exact) mass is 960 g/mol. The quantitative estimate of drug-likeness (QED) is 0.0202. The summed E-state index contributed by atoms with van der Waals surface area (Å²) in [6.07, 6.45) is 0.586. The van der Waals surface area contributed by atoms with Gasteiger partial charge in [0.1, 0.15) is 64.2 Å². The number of nitrogens with one attached hydrogen (secondary N) is 4. The fourth-order valence-electron chi connectivity index (χ4n) is 5.97. The third kappa shape index (κ3) is 17.0. The minimum Gasteiger partial charge on any atom is -0.490 e. The van der Waals surface area contributed by atoms with E-state index in [4.69, 9.17) is 47.1 Å². The van der Waals surface area contributed by atoms with Crippen molar-refractivity contribution in [2.45, 2.75) is 115 Å². The van der Waals surface area contributed by atoms with Gasteiger partial charge in [0, 0.05) is 40.4 Å². The third-order valence-corrected chi connectivity index (χ3v) is 11.2. The number of ether oxygens (including phenoxy) is 4. The number of thioether (sulfide) groups is 1. The number of hydrogen-bond acceptors (Lipinski definition) is 14. The van der Waals surface area contributed by atoms with Crippen LogP contribution in [0.25, 0.3) is 26.5 Å². The molecular formula is C47H57ClN8O8S2. The van der Waals surface area contributed by atoms with E-state index in [9.17, 15) is 24.4 Å². The van der Waals surface area contributed by atoms with Crippen LogP contribution in [0.3, 0.4) is 0 Å². The van der Waals surface area contributed by atoms with E-state index in [-0.39, 0.29) is 30.9 Å². The molecule has 2 atom stereocenters. The second-order valence-electron chi connectivity index (χ2n) is 16.8. The van der Waals surface area contributed by atoms with Gasteiger partial charge >= 0.3 is 18.2 Å². The second-order valence-corrected chi connectivity index (χ2v) is 19.1. The Morgan fingerprint density at radius 2 is 1.58 bits per heavy atom. The molecule has 4 aromatic rings. The summed E-state index contributed by atoms with van der Waals surface area (Å²) in [5, 5.41) is 25.5. The molecule has 2 aromatic carbocycles. The van der Waals surface area contributed by atoms with Gasteiger partial charge in [-0.25, -0.2) is 29.2 Å². The van der Waals surface area contributed by atoms with Gasteiger partial charge in [-0.1, -0.05) is 54.6 Å². The first-order chi connectivity index (χ1) is 31.3. The standard InChI is InChI=1S/C47H57ClN8O8S2/c1-10-22-51-39-38(50-9)37(35(26-49)42(56-39)66-28-33-27-65-41(54-33)31-14-18-32(48)19-15-31)30-16-20-34(21-17-30)61-24-25-62-43(58)29(2)53-40(57)36(55-45(60)64-47(6,7)8)13-11-12-23-52-44(59)63-46(3,4)5/h14-21,27,29,36H,10-13,22-25,28H2,1-8H3,(H,51,56)(H,52,59)(H,53,57)(H,55,60)/t29-,36-/m0/s1. The second kappa shape index (κ2) is 25.0. The van der Waals surface area contributed by atoms with Crippen LogP contribution >= 0.6 is 34.7 Å². The number of anilines is 1. The minimum absolute atomic E-state index is 0.0138. The average Bonchev–Trinajstić information content (AvgIpc) is 3.73. The highest BCUT2D eigenvalue weighted by Gasteiger charge is 2.28. The number of halogens is 1. The predicted octanol–water partition coefficient (Wildman–Crippen LogP) is 10.1. The summed E-state index contributed by atoms with van der Waals surface area (Å²) in [7, 11) is 0. The van der Waals surface area contributed by atoms with Crippen LogP contribution in [-0.2, 0) is 29.6 Å². The normalized spacial score (nSPS) is 12.1. The molecule has 0 saturated carbocycles. The first-order valence-corrected chi connectivity index (χ1v) is 23.6. The van der Waals surface area contributed by atoms with Gasteiger partial charge in [0.15, 0.2) is 0 Å². The molecule has 0 spiro atoms. The molecule has 0 radical (unpaired) electrons. The highest BCUT2D eigenvalue weighted by atomic mass is 35.5. The van der Waals surface area contributed by atoms with Gasteiger partial charge < -0.3 is 40.2 Å². The van der Waals surface area contributed by atoms with Crippen molar-refractivity contribution in [2.75, 3.05) is 31.6 Å². The van der Waals surface area contributed by atoms with E-state index in [1.807, 2.05) is 36.6 Å². The molecule has 3 amide bonds. The van der Waals surface area contributed by atoms with Crippen molar-refractivity contribution in [1.29, 1.82) is 5.26 Å². The van der Waals surface area contributed by atoms with Crippen LogP contribution in [-0.4, -0.2) is 83.6 Å². The summed E-state index contributed by atoms with van der Waals surface area (Å²) in [4.78, 5) is 64.1. The van der Waals surface area contributed by atoms with Gasteiger partial charge in [-0.2, -0.15) is 5.26 Å². The van der Waals surface area contributed by atoms with E-state index in [1.165, 1.54) is 30.0 Å². The van der Waals surface area contributed by atoms with E-state index < -0.39 is 47.3 Å². The van der Waals surface area contributed by atoms with Crippen LogP contribution in [0, 0.1) is 17.9 Å². The first-order valence-electron chi connectivity index (χ1n) is 21.4. The molecule has 2 heterocycles. The molecule has 0 aliphatic rings. The van der Waals surface area contributed by atoms with Gasteiger partial charge in [0.05, 0.1) is 17.8 Å². The van der Waals surface area contributed by atoms with E-state index >= 15 is 0 Å². The molecule has 0 aliphatic carbocycles. The fourth-order valence-corrected chi connectivity index (χ4v) is 7.91. The van der Waals surface area contributed by atoms with Crippen molar-refractivity contribution in [1.82, 2.24) is 25.9 Å². The molecule has 0 bridgehead atoms. The Bertz CT molecular complexity index is 2370. The maximum atomic E-state index is 13.3. The molecule has 4 rings (SSSR count). The van der Waals surface area contributed by atoms with Crippen LogP contribution in [0.2, 0.25) is 5.02 Å². The molecule has 0 unspecified atom stereocenters. The lowest BCUT2D eigenvalue weighted by Gasteiger charge is -2.24. The Morgan fingerprint density at radius 3 is 2.21 bits per heavy atom. The number of unbranched alkanes of at least 4 members (excludes halogenated alkanes) is 1. The maximum Gasteiger partial charge on any atom is 0.408 e. The Labute approximate surface area is 399 Å². The summed E-state index contributed by atoms with van der Waals surface area (Å²) in [5.41, 5.74) is 1.87. The topological polar surface area (TPSA) is 207 Å². The number of hydrogen-bond donors (Lipinski definition) is 4. The van der Waals surface area contributed by atoms with Crippen LogP contribution in [0.5, 0.6) is 5.75 Å². The molecule has 2 aromatic heterocycles. The minimum atomic E-state index is -1.06. The van der Waals surface area contributed by atoms with Crippen LogP contribution in [0.15, 0.2) is 58.9 Å². The Balaban J connectivity index is 1.36. The van der Waals surface area contributed by atoms with Gasteiger partial charge in [-0.15, -0.1) is 11.3 Å². The molecule has 16 nitrogen and oxygen atoms in total. The van der Waals surface area contributed by atoms with Crippen LogP contribution < -0.4 is 26.0 Å². The third-order valence-electron chi connectivity index (χ3n) is 8.95. The van der Waals surface area contributed by atoms with Gasteiger partial charge in [0.2, 0.25) is 11.6 Å². The molecule has 0 fully saturated rings. The number of esters is 1. The molecule has 352 valence electrons. The van der Waals surface area contributed by atoms with E-state index in [0.29, 0.717) is 64.4 Å².